The average Bonchev–Trinajstić information content (AvgIpc) is 2.78. The molecular weight excluding hydrogens is 206 g/mol. The van der Waals surface area contributed by atoms with E-state index < -0.39 is 0 Å². The maximum atomic E-state index is 4.54. The molecule has 0 fully saturated rings. The summed E-state index contributed by atoms with van der Waals surface area (Å²) in [5.41, 5.74) is 2.01. The normalized spacial score (nSPS) is 12.7. The molecule has 1 N–H and O–H groups in total. The molecule has 1 unspecified atom stereocenters. The minimum Gasteiger partial charge on any atom is -0.312 e. The fraction of sp³-hybridized carbons (Fsp3) is 0.273. The Labute approximate surface area is 93.2 Å². The quantitative estimate of drug-likeness (QED) is 0.861. The van der Waals surface area contributed by atoms with E-state index in [1.165, 1.54) is 0 Å². The number of thiazole rings is 1. The number of hydrogen-bond donors (Lipinski definition) is 1. The van der Waals surface area contributed by atoms with Gasteiger partial charge < -0.3 is 5.32 Å². The molecule has 0 saturated carbocycles. The Morgan fingerprint density at radius 2 is 2.27 bits per heavy atom. The Balaban J connectivity index is 2.28. The maximum absolute atomic E-state index is 4.54. The van der Waals surface area contributed by atoms with Gasteiger partial charge >= 0.3 is 0 Å². The molecule has 78 valence electrons. The van der Waals surface area contributed by atoms with Gasteiger partial charge in [0.15, 0.2) is 0 Å². The van der Waals surface area contributed by atoms with E-state index in [4.69, 9.17) is 0 Å². The summed E-state index contributed by atoms with van der Waals surface area (Å²) < 4.78 is 0. The van der Waals surface area contributed by atoms with E-state index in [9.17, 15) is 0 Å². The Hall–Kier alpha value is -1.26. The second-order valence-corrected chi connectivity index (χ2v) is 4.16. The summed E-state index contributed by atoms with van der Waals surface area (Å²) in [6, 6.07) is 6.16. The van der Waals surface area contributed by atoms with Crippen molar-refractivity contribution in [1.29, 1.82) is 0 Å². The van der Waals surface area contributed by atoms with Gasteiger partial charge in [-0.15, -0.1) is 11.3 Å². The van der Waals surface area contributed by atoms with Crippen LogP contribution in [0.25, 0.3) is 10.7 Å². The molecule has 15 heavy (non-hydrogen) atoms. The van der Waals surface area contributed by atoms with Crippen molar-refractivity contribution in [3.05, 3.63) is 35.5 Å². The number of hydrogen-bond acceptors (Lipinski definition) is 4. The van der Waals surface area contributed by atoms with Crippen LogP contribution in [0.4, 0.5) is 0 Å². The molecule has 0 saturated heterocycles. The standard InChI is InChI=1S/C11H13N3S/c1-8(12-2)10-7-15-11(14-10)9-5-3-4-6-13-9/h3-8,12H,1-2H3. The van der Waals surface area contributed by atoms with E-state index in [2.05, 4.69) is 27.6 Å². The predicted octanol–water partition coefficient (Wildman–Crippen LogP) is 2.49. The van der Waals surface area contributed by atoms with Crippen molar-refractivity contribution in [1.82, 2.24) is 15.3 Å². The van der Waals surface area contributed by atoms with Crippen molar-refractivity contribution >= 4 is 11.3 Å². The topological polar surface area (TPSA) is 37.8 Å². The van der Waals surface area contributed by atoms with Gasteiger partial charge in [-0.1, -0.05) is 6.07 Å². The molecule has 1 atom stereocenters. The molecule has 2 aromatic heterocycles. The summed E-state index contributed by atoms with van der Waals surface area (Å²) in [6.45, 7) is 2.09. The minimum atomic E-state index is 0.290. The van der Waals surface area contributed by atoms with Crippen LogP contribution in [0.5, 0.6) is 0 Å². The summed E-state index contributed by atoms with van der Waals surface area (Å²) >= 11 is 1.63. The third-order valence-electron chi connectivity index (χ3n) is 2.28. The lowest BCUT2D eigenvalue weighted by molar-refractivity contribution is 0.637. The molecule has 2 heterocycles. The van der Waals surface area contributed by atoms with Crippen LogP contribution in [-0.4, -0.2) is 17.0 Å². The molecule has 0 aliphatic carbocycles. The molecule has 0 spiro atoms. The van der Waals surface area contributed by atoms with Crippen molar-refractivity contribution in [2.75, 3.05) is 7.05 Å². The molecule has 0 aliphatic heterocycles. The van der Waals surface area contributed by atoms with Crippen molar-refractivity contribution in [3.8, 4) is 10.7 Å². The number of rotatable bonds is 3. The Bertz CT molecular complexity index is 424. The van der Waals surface area contributed by atoms with Crippen molar-refractivity contribution in [2.24, 2.45) is 0 Å². The van der Waals surface area contributed by atoms with Crippen LogP contribution < -0.4 is 5.32 Å². The van der Waals surface area contributed by atoms with E-state index in [-0.39, 0.29) is 0 Å². The van der Waals surface area contributed by atoms with E-state index in [0.29, 0.717) is 6.04 Å². The third-order valence-corrected chi connectivity index (χ3v) is 3.17. The number of nitrogens with zero attached hydrogens (tertiary/aromatic N) is 2. The first-order chi connectivity index (χ1) is 7.31. The lowest BCUT2D eigenvalue weighted by Crippen LogP contribution is -2.12. The van der Waals surface area contributed by atoms with E-state index >= 15 is 0 Å². The summed E-state index contributed by atoms with van der Waals surface area (Å²) in [5.74, 6) is 0. The smallest absolute Gasteiger partial charge is 0.142 e. The summed E-state index contributed by atoms with van der Waals surface area (Å²) in [7, 11) is 1.93. The molecule has 0 aromatic carbocycles. The zero-order valence-electron chi connectivity index (χ0n) is 8.77. The molecule has 4 heteroatoms. The number of aromatic nitrogens is 2. The van der Waals surface area contributed by atoms with Gasteiger partial charge in [0.2, 0.25) is 0 Å². The highest BCUT2D eigenvalue weighted by Crippen LogP contribution is 2.24. The van der Waals surface area contributed by atoms with Gasteiger partial charge in [-0.3, -0.25) is 4.98 Å². The van der Waals surface area contributed by atoms with Crippen molar-refractivity contribution in [2.45, 2.75) is 13.0 Å². The second kappa shape index (κ2) is 4.51. The third kappa shape index (κ3) is 2.22. The van der Waals surface area contributed by atoms with Gasteiger partial charge in [0.05, 0.1) is 11.4 Å². The van der Waals surface area contributed by atoms with Gasteiger partial charge in [-0.25, -0.2) is 4.98 Å². The van der Waals surface area contributed by atoms with Crippen LogP contribution in [0.2, 0.25) is 0 Å². The fourth-order valence-electron chi connectivity index (χ4n) is 1.24. The van der Waals surface area contributed by atoms with Gasteiger partial charge in [0.25, 0.3) is 0 Å². The van der Waals surface area contributed by atoms with Crippen LogP contribution in [0.1, 0.15) is 18.7 Å². The van der Waals surface area contributed by atoms with E-state index in [1.807, 2.05) is 25.2 Å². The maximum Gasteiger partial charge on any atom is 0.142 e. The summed E-state index contributed by atoms with van der Waals surface area (Å²) in [5, 5.41) is 6.22. The highest BCUT2D eigenvalue weighted by atomic mass is 32.1. The van der Waals surface area contributed by atoms with Crippen molar-refractivity contribution < 1.29 is 0 Å². The first kappa shape index (κ1) is 10.3. The number of pyridine rings is 1. The molecule has 0 aliphatic rings. The average molecular weight is 219 g/mol. The Morgan fingerprint density at radius 3 is 2.93 bits per heavy atom. The zero-order valence-corrected chi connectivity index (χ0v) is 9.58. The Morgan fingerprint density at radius 1 is 1.40 bits per heavy atom. The van der Waals surface area contributed by atoms with Gasteiger partial charge in [0, 0.05) is 17.6 Å². The first-order valence-corrected chi connectivity index (χ1v) is 5.73. The zero-order chi connectivity index (χ0) is 10.7. The predicted molar refractivity (Wildman–Crippen MR) is 62.8 cm³/mol. The van der Waals surface area contributed by atoms with Crippen LogP contribution in [0.15, 0.2) is 29.8 Å². The van der Waals surface area contributed by atoms with Crippen LogP contribution in [0.3, 0.4) is 0 Å². The van der Waals surface area contributed by atoms with Crippen LogP contribution >= 0.6 is 11.3 Å². The number of nitrogens with one attached hydrogen (secondary N) is 1. The van der Waals surface area contributed by atoms with Gasteiger partial charge in [-0.05, 0) is 26.1 Å². The molecule has 0 radical (unpaired) electrons. The van der Waals surface area contributed by atoms with Gasteiger partial charge in [0.1, 0.15) is 5.01 Å². The van der Waals surface area contributed by atoms with Gasteiger partial charge in [-0.2, -0.15) is 0 Å². The highest BCUT2D eigenvalue weighted by molar-refractivity contribution is 7.13. The first-order valence-electron chi connectivity index (χ1n) is 4.85. The fourth-order valence-corrected chi connectivity index (χ4v) is 2.13. The monoisotopic (exact) mass is 219 g/mol. The lowest BCUT2D eigenvalue weighted by atomic mass is 10.3. The van der Waals surface area contributed by atoms with Crippen molar-refractivity contribution in [3.63, 3.8) is 0 Å². The molecule has 0 amide bonds. The summed E-state index contributed by atoms with van der Waals surface area (Å²) in [6.07, 6.45) is 1.79. The molecule has 2 aromatic rings. The molecular formula is C11H13N3S. The Kier molecular flexibility index (Phi) is 3.08. The minimum absolute atomic E-state index is 0.290. The highest BCUT2D eigenvalue weighted by Gasteiger charge is 2.09. The molecule has 0 bridgehead atoms. The van der Waals surface area contributed by atoms with E-state index in [1.54, 1.807) is 17.5 Å². The largest absolute Gasteiger partial charge is 0.312 e. The van der Waals surface area contributed by atoms with Crippen LogP contribution in [0, 0.1) is 0 Å². The van der Waals surface area contributed by atoms with E-state index in [0.717, 1.165) is 16.4 Å². The molecule has 2 rings (SSSR count). The second-order valence-electron chi connectivity index (χ2n) is 3.30. The SMILES string of the molecule is CNC(C)c1csc(-c2ccccn2)n1. The summed E-state index contributed by atoms with van der Waals surface area (Å²) in [4.78, 5) is 8.82. The van der Waals surface area contributed by atoms with Crippen LogP contribution in [-0.2, 0) is 0 Å². The lowest BCUT2D eigenvalue weighted by Gasteiger charge is -2.04. The molecule has 3 nitrogen and oxygen atoms in total.